The van der Waals surface area contributed by atoms with Crippen LogP contribution in [0.1, 0.15) is 38.2 Å². The lowest BCUT2D eigenvalue weighted by Crippen LogP contribution is -2.35. The molecule has 0 saturated carbocycles. The van der Waals surface area contributed by atoms with Crippen molar-refractivity contribution in [3.05, 3.63) is 35.9 Å². The van der Waals surface area contributed by atoms with Crippen LogP contribution in [0.25, 0.3) is 0 Å². The third-order valence-corrected chi connectivity index (χ3v) is 4.20. The Balaban J connectivity index is 0.00000288. The van der Waals surface area contributed by atoms with Gasteiger partial charge in [-0.05, 0) is 11.5 Å². The van der Waals surface area contributed by atoms with Crippen molar-refractivity contribution in [1.29, 1.82) is 0 Å². The molecular weight excluding hydrogens is 326 g/mol. The highest BCUT2D eigenvalue weighted by Gasteiger charge is 2.33. The summed E-state index contributed by atoms with van der Waals surface area (Å²) in [6.45, 7) is 5.63. The lowest BCUT2D eigenvalue weighted by molar-refractivity contribution is -0.130. The Bertz CT molecular complexity index is 536. The highest BCUT2D eigenvalue weighted by atomic mass is 35.5. The number of likely N-dealkylation sites (tertiary alicyclic amines) is 1. The Labute approximate surface area is 150 Å². The molecule has 2 atom stereocenters. The minimum absolute atomic E-state index is 0. The Hall–Kier alpha value is -1.59. The van der Waals surface area contributed by atoms with E-state index in [9.17, 15) is 9.59 Å². The first-order valence-corrected chi connectivity index (χ1v) is 8.32. The maximum atomic E-state index is 12.3. The van der Waals surface area contributed by atoms with Crippen LogP contribution in [0.3, 0.4) is 0 Å². The summed E-state index contributed by atoms with van der Waals surface area (Å²) in [4.78, 5) is 25.7. The van der Waals surface area contributed by atoms with Gasteiger partial charge in [0.05, 0.1) is 0 Å². The minimum atomic E-state index is -0.0307. The number of hydrogen-bond acceptors (Lipinski definition) is 3. The van der Waals surface area contributed by atoms with Crippen LogP contribution in [0.15, 0.2) is 30.3 Å². The van der Waals surface area contributed by atoms with Gasteiger partial charge >= 0.3 is 0 Å². The second kappa shape index (κ2) is 9.64. The SMILES string of the molecule is CC(C)CC(=O)NCCC(=O)N1C[C@@H](N)[C@H](c2ccccc2)C1.Cl. The van der Waals surface area contributed by atoms with Gasteiger partial charge in [0.1, 0.15) is 0 Å². The molecule has 1 aromatic rings. The molecule has 2 rings (SSSR count). The predicted octanol–water partition coefficient (Wildman–Crippen LogP) is 1.91. The molecule has 1 saturated heterocycles. The van der Waals surface area contributed by atoms with Gasteiger partial charge in [-0.3, -0.25) is 9.59 Å². The van der Waals surface area contributed by atoms with Gasteiger partial charge in [0.25, 0.3) is 0 Å². The molecule has 3 N–H and O–H groups in total. The maximum absolute atomic E-state index is 12.3. The molecule has 0 aromatic heterocycles. The Morgan fingerprint density at radius 2 is 1.92 bits per heavy atom. The molecule has 1 aromatic carbocycles. The van der Waals surface area contributed by atoms with Crippen LogP contribution >= 0.6 is 12.4 Å². The molecule has 134 valence electrons. The second-order valence-corrected chi connectivity index (χ2v) is 6.68. The third-order valence-electron chi connectivity index (χ3n) is 4.20. The smallest absolute Gasteiger partial charge is 0.224 e. The minimum Gasteiger partial charge on any atom is -0.356 e. The lowest BCUT2D eigenvalue weighted by Gasteiger charge is -2.17. The molecule has 0 radical (unpaired) electrons. The van der Waals surface area contributed by atoms with Crippen LogP contribution in [-0.2, 0) is 9.59 Å². The number of nitrogens with two attached hydrogens (primary N) is 1. The monoisotopic (exact) mass is 353 g/mol. The number of carbonyl (C=O) groups is 2. The van der Waals surface area contributed by atoms with Crippen LogP contribution in [0, 0.1) is 5.92 Å². The Morgan fingerprint density at radius 3 is 2.54 bits per heavy atom. The average Bonchev–Trinajstić information content (AvgIpc) is 2.89. The van der Waals surface area contributed by atoms with E-state index in [1.54, 1.807) is 0 Å². The number of nitrogens with one attached hydrogen (secondary N) is 1. The topological polar surface area (TPSA) is 75.4 Å². The molecule has 5 nitrogen and oxygen atoms in total. The Kier molecular flexibility index (Phi) is 8.22. The van der Waals surface area contributed by atoms with E-state index in [0.717, 1.165) is 0 Å². The summed E-state index contributed by atoms with van der Waals surface area (Å²) in [7, 11) is 0. The first-order chi connectivity index (χ1) is 11.0. The lowest BCUT2D eigenvalue weighted by atomic mass is 9.95. The highest BCUT2D eigenvalue weighted by Crippen LogP contribution is 2.26. The summed E-state index contributed by atoms with van der Waals surface area (Å²) in [6.07, 6.45) is 0.830. The van der Waals surface area contributed by atoms with Gasteiger partial charge in [-0.2, -0.15) is 0 Å². The van der Waals surface area contributed by atoms with Crippen molar-refractivity contribution >= 4 is 24.2 Å². The first-order valence-electron chi connectivity index (χ1n) is 8.32. The third kappa shape index (κ3) is 5.80. The van der Waals surface area contributed by atoms with Gasteiger partial charge in [0.15, 0.2) is 0 Å². The van der Waals surface area contributed by atoms with Crippen molar-refractivity contribution in [3.63, 3.8) is 0 Å². The van der Waals surface area contributed by atoms with Crippen molar-refractivity contribution in [1.82, 2.24) is 10.2 Å². The number of benzene rings is 1. The zero-order valence-electron chi connectivity index (χ0n) is 14.4. The van der Waals surface area contributed by atoms with Crippen LogP contribution in [0.2, 0.25) is 0 Å². The number of nitrogens with zero attached hydrogens (tertiary/aromatic N) is 1. The van der Waals surface area contributed by atoms with E-state index in [1.165, 1.54) is 5.56 Å². The summed E-state index contributed by atoms with van der Waals surface area (Å²) in [5.74, 6) is 0.585. The highest BCUT2D eigenvalue weighted by molar-refractivity contribution is 5.85. The Morgan fingerprint density at radius 1 is 1.25 bits per heavy atom. The number of hydrogen-bond donors (Lipinski definition) is 2. The van der Waals surface area contributed by atoms with E-state index in [2.05, 4.69) is 17.4 Å². The van der Waals surface area contributed by atoms with Gasteiger partial charge < -0.3 is 16.0 Å². The van der Waals surface area contributed by atoms with Crippen LogP contribution in [0.5, 0.6) is 0 Å². The summed E-state index contributed by atoms with van der Waals surface area (Å²) in [5, 5.41) is 2.80. The van der Waals surface area contributed by atoms with Gasteiger partial charge in [-0.1, -0.05) is 44.2 Å². The van der Waals surface area contributed by atoms with Crippen molar-refractivity contribution in [2.45, 2.75) is 38.6 Å². The summed E-state index contributed by atoms with van der Waals surface area (Å²) in [6, 6.07) is 10.1. The van der Waals surface area contributed by atoms with Crippen LogP contribution < -0.4 is 11.1 Å². The molecule has 0 spiro atoms. The number of amides is 2. The molecule has 1 heterocycles. The fraction of sp³-hybridized carbons (Fsp3) is 0.556. The van der Waals surface area contributed by atoms with E-state index < -0.39 is 0 Å². The van der Waals surface area contributed by atoms with Gasteiger partial charge in [-0.15, -0.1) is 12.4 Å². The molecule has 1 aliphatic rings. The molecule has 1 fully saturated rings. The van der Waals surface area contributed by atoms with Crippen molar-refractivity contribution < 1.29 is 9.59 Å². The van der Waals surface area contributed by atoms with Gasteiger partial charge in [-0.25, -0.2) is 0 Å². The van der Waals surface area contributed by atoms with Crippen LogP contribution in [-0.4, -0.2) is 42.4 Å². The average molecular weight is 354 g/mol. The number of halogens is 1. The number of rotatable bonds is 6. The van der Waals surface area contributed by atoms with E-state index in [0.29, 0.717) is 38.4 Å². The standard InChI is InChI=1S/C18H27N3O2.ClH/c1-13(2)10-17(22)20-9-8-18(23)21-11-15(16(19)12-21)14-6-4-3-5-7-14;/h3-7,13,15-16H,8-12,19H2,1-2H3,(H,20,22);1H/t15-,16+;/m0./s1. The molecule has 6 heteroatoms. The molecule has 0 unspecified atom stereocenters. The molecule has 24 heavy (non-hydrogen) atoms. The van der Waals surface area contributed by atoms with E-state index >= 15 is 0 Å². The molecule has 2 amide bonds. The zero-order valence-corrected chi connectivity index (χ0v) is 15.2. The fourth-order valence-corrected chi connectivity index (χ4v) is 3.00. The number of carbonyl (C=O) groups excluding carboxylic acids is 2. The molecule has 1 aliphatic heterocycles. The van der Waals surface area contributed by atoms with Crippen LogP contribution in [0.4, 0.5) is 0 Å². The first kappa shape index (κ1) is 20.5. The maximum Gasteiger partial charge on any atom is 0.224 e. The zero-order chi connectivity index (χ0) is 16.8. The van der Waals surface area contributed by atoms with Gasteiger partial charge in [0, 0.05) is 44.4 Å². The fourth-order valence-electron chi connectivity index (χ4n) is 3.00. The molecule has 0 bridgehead atoms. The van der Waals surface area contributed by atoms with Crippen molar-refractivity contribution in [2.24, 2.45) is 11.7 Å². The van der Waals surface area contributed by atoms with Gasteiger partial charge in [0.2, 0.25) is 11.8 Å². The largest absolute Gasteiger partial charge is 0.356 e. The second-order valence-electron chi connectivity index (χ2n) is 6.68. The van der Waals surface area contributed by atoms with Crippen molar-refractivity contribution in [3.8, 4) is 0 Å². The summed E-state index contributed by atoms with van der Waals surface area (Å²) >= 11 is 0. The van der Waals surface area contributed by atoms with Crippen molar-refractivity contribution in [2.75, 3.05) is 19.6 Å². The predicted molar refractivity (Wildman–Crippen MR) is 98.1 cm³/mol. The molecular formula is C18H28ClN3O2. The quantitative estimate of drug-likeness (QED) is 0.820. The van der Waals surface area contributed by atoms with E-state index in [4.69, 9.17) is 5.73 Å². The normalized spacial score (nSPS) is 19.9. The van der Waals surface area contributed by atoms with E-state index in [-0.39, 0.29) is 36.2 Å². The summed E-state index contributed by atoms with van der Waals surface area (Å²) in [5.41, 5.74) is 7.39. The molecule has 0 aliphatic carbocycles. The van der Waals surface area contributed by atoms with E-state index in [1.807, 2.05) is 36.9 Å². The summed E-state index contributed by atoms with van der Waals surface area (Å²) < 4.78 is 0.